The second kappa shape index (κ2) is 7.35. The van der Waals surface area contributed by atoms with Gasteiger partial charge < -0.3 is 14.8 Å². The standard InChI is InChI=1S/C21H30N4O3/c1-13-16(14(2)22-19-18(13)20(27-4)24-25(19)3)7-8-17(26)23-21(15-5-6-15)9-11-28-12-10-21/h15H,5-12H2,1-4H3,(H,23,26). The zero-order valence-electron chi connectivity index (χ0n) is 17.3. The largest absolute Gasteiger partial charge is 0.479 e. The van der Waals surface area contributed by atoms with E-state index in [0.717, 1.165) is 53.9 Å². The fourth-order valence-electron chi connectivity index (χ4n) is 4.69. The molecule has 4 rings (SSSR count). The first kappa shape index (κ1) is 19.2. The van der Waals surface area contributed by atoms with Crippen molar-refractivity contribution in [2.45, 2.75) is 57.9 Å². The molecule has 0 aromatic carbocycles. The number of pyridine rings is 1. The van der Waals surface area contributed by atoms with Crippen molar-refractivity contribution in [2.75, 3.05) is 20.3 Å². The lowest BCUT2D eigenvalue weighted by Gasteiger charge is -2.38. The van der Waals surface area contributed by atoms with E-state index < -0.39 is 0 Å². The van der Waals surface area contributed by atoms with Crippen LogP contribution in [0, 0.1) is 19.8 Å². The Bertz CT molecular complexity index is 895. The van der Waals surface area contributed by atoms with Gasteiger partial charge in [0.05, 0.1) is 12.5 Å². The summed E-state index contributed by atoms with van der Waals surface area (Å²) in [6.45, 7) is 5.56. The normalized spacial score (nSPS) is 19.0. The van der Waals surface area contributed by atoms with Crippen LogP contribution in [-0.4, -0.2) is 46.5 Å². The Morgan fingerprint density at radius 2 is 2.04 bits per heavy atom. The Morgan fingerprint density at radius 3 is 2.68 bits per heavy atom. The van der Waals surface area contributed by atoms with Crippen LogP contribution in [0.15, 0.2) is 0 Å². The van der Waals surface area contributed by atoms with E-state index in [2.05, 4.69) is 17.3 Å². The molecule has 2 aromatic heterocycles. The number of carbonyl (C=O) groups is 1. The number of nitrogens with zero attached hydrogens (tertiary/aromatic N) is 3. The summed E-state index contributed by atoms with van der Waals surface area (Å²) in [7, 11) is 3.49. The molecule has 0 radical (unpaired) electrons. The molecule has 7 nitrogen and oxygen atoms in total. The molecule has 2 fully saturated rings. The maximum Gasteiger partial charge on any atom is 0.242 e. The van der Waals surface area contributed by atoms with Crippen LogP contribution in [0.2, 0.25) is 0 Å². The molecule has 1 aliphatic carbocycles. The Balaban J connectivity index is 1.51. The van der Waals surface area contributed by atoms with Crippen molar-refractivity contribution in [1.82, 2.24) is 20.1 Å². The molecule has 7 heteroatoms. The third kappa shape index (κ3) is 3.36. The average molecular weight is 386 g/mol. The summed E-state index contributed by atoms with van der Waals surface area (Å²) in [5, 5.41) is 8.72. The van der Waals surface area contributed by atoms with E-state index in [9.17, 15) is 4.79 Å². The van der Waals surface area contributed by atoms with Gasteiger partial charge in [0, 0.05) is 37.9 Å². The quantitative estimate of drug-likeness (QED) is 0.826. The van der Waals surface area contributed by atoms with Crippen molar-refractivity contribution in [3.05, 3.63) is 16.8 Å². The molecule has 28 heavy (non-hydrogen) atoms. The molecule has 0 atom stereocenters. The number of hydrogen-bond acceptors (Lipinski definition) is 5. The number of fused-ring (bicyclic) bond motifs is 1. The van der Waals surface area contributed by atoms with Gasteiger partial charge in [0.25, 0.3) is 0 Å². The molecular weight excluding hydrogens is 356 g/mol. The third-order valence-corrected chi connectivity index (χ3v) is 6.45. The minimum atomic E-state index is -0.0474. The van der Waals surface area contributed by atoms with E-state index >= 15 is 0 Å². The SMILES string of the molecule is COc1nn(C)c2nc(C)c(CCC(=O)NC3(C4CC4)CCOCC3)c(C)c12. The summed E-state index contributed by atoms with van der Waals surface area (Å²) in [6.07, 6.45) is 5.44. The lowest BCUT2D eigenvalue weighted by molar-refractivity contribution is -0.124. The predicted molar refractivity (Wildman–Crippen MR) is 107 cm³/mol. The number of aromatic nitrogens is 3. The van der Waals surface area contributed by atoms with Gasteiger partial charge in [0.1, 0.15) is 0 Å². The van der Waals surface area contributed by atoms with E-state index in [0.29, 0.717) is 24.6 Å². The number of nitrogens with one attached hydrogen (secondary N) is 1. The zero-order valence-corrected chi connectivity index (χ0v) is 17.3. The smallest absolute Gasteiger partial charge is 0.242 e. The van der Waals surface area contributed by atoms with Crippen LogP contribution in [0.1, 0.15) is 48.9 Å². The molecule has 152 valence electrons. The van der Waals surface area contributed by atoms with Crippen molar-refractivity contribution < 1.29 is 14.3 Å². The van der Waals surface area contributed by atoms with Crippen LogP contribution in [0.4, 0.5) is 0 Å². The van der Waals surface area contributed by atoms with Crippen LogP contribution in [0.25, 0.3) is 11.0 Å². The lowest BCUT2D eigenvalue weighted by atomic mass is 9.84. The lowest BCUT2D eigenvalue weighted by Crippen LogP contribution is -2.53. The monoisotopic (exact) mass is 386 g/mol. The fraction of sp³-hybridized carbons (Fsp3) is 0.667. The van der Waals surface area contributed by atoms with Gasteiger partial charge in [0.2, 0.25) is 11.8 Å². The van der Waals surface area contributed by atoms with Gasteiger partial charge in [-0.3, -0.25) is 4.79 Å². The fourth-order valence-corrected chi connectivity index (χ4v) is 4.69. The molecule has 1 saturated carbocycles. The van der Waals surface area contributed by atoms with Crippen molar-refractivity contribution in [1.29, 1.82) is 0 Å². The number of ether oxygens (including phenoxy) is 2. The molecule has 1 saturated heterocycles. The van der Waals surface area contributed by atoms with E-state index in [-0.39, 0.29) is 11.4 Å². The number of rotatable bonds is 6. The molecule has 0 bridgehead atoms. The second-order valence-electron chi connectivity index (χ2n) is 8.22. The molecule has 0 unspecified atom stereocenters. The average Bonchev–Trinajstić information content (AvgIpc) is 3.48. The number of carbonyl (C=O) groups excluding carboxylic acids is 1. The third-order valence-electron chi connectivity index (χ3n) is 6.45. The van der Waals surface area contributed by atoms with E-state index in [1.807, 2.05) is 14.0 Å². The van der Waals surface area contributed by atoms with Gasteiger partial charge in [-0.2, -0.15) is 0 Å². The Morgan fingerprint density at radius 1 is 1.32 bits per heavy atom. The van der Waals surface area contributed by atoms with Crippen molar-refractivity contribution >= 4 is 16.9 Å². The van der Waals surface area contributed by atoms with Gasteiger partial charge >= 0.3 is 0 Å². The number of aryl methyl sites for hydroxylation is 3. The van der Waals surface area contributed by atoms with Crippen LogP contribution in [-0.2, 0) is 23.0 Å². The van der Waals surface area contributed by atoms with Crippen LogP contribution < -0.4 is 10.1 Å². The Kier molecular flexibility index (Phi) is 5.04. The molecule has 1 aliphatic heterocycles. The first-order valence-electron chi connectivity index (χ1n) is 10.2. The zero-order chi connectivity index (χ0) is 19.9. The highest BCUT2D eigenvalue weighted by Gasteiger charge is 2.46. The minimum absolute atomic E-state index is 0.0474. The summed E-state index contributed by atoms with van der Waals surface area (Å²) in [4.78, 5) is 17.5. The molecule has 0 spiro atoms. The molecule has 1 N–H and O–H groups in total. The van der Waals surface area contributed by atoms with Gasteiger partial charge in [-0.1, -0.05) is 0 Å². The van der Waals surface area contributed by atoms with Gasteiger partial charge in [0.15, 0.2) is 5.65 Å². The topological polar surface area (TPSA) is 78.3 Å². The van der Waals surface area contributed by atoms with Gasteiger partial charge in [-0.25, -0.2) is 9.67 Å². The number of hydrogen-bond donors (Lipinski definition) is 1. The minimum Gasteiger partial charge on any atom is -0.479 e. The first-order valence-corrected chi connectivity index (χ1v) is 10.2. The van der Waals surface area contributed by atoms with E-state index in [1.165, 1.54) is 12.8 Å². The second-order valence-corrected chi connectivity index (χ2v) is 8.22. The van der Waals surface area contributed by atoms with Crippen LogP contribution >= 0.6 is 0 Å². The Labute approximate surface area is 165 Å². The highest BCUT2D eigenvalue weighted by Crippen LogP contribution is 2.45. The number of amides is 1. The molecular formula is C21H30N4O3. The van der Waals surface area contributed by atoms with Crippen molar-refractivity contribution in [2.24, 2.45) is 13.0 Å². The van der Waals surface area contributed by atoms with Crippen molar-refractivity contribution in [3.63, 3.8) is 0 Å². The maximum atomic E-state index is 12.8. The first-order chi connectivity index (χ1) is 13.4. The summed E-state index contributed by atoms with van der Waals surface area (Å²) in [5.41, 5.74) is 3.93. The predicted octanol–water partition coefficient (Wildman–Crippen LogP) is 2.60. The Hall–Kier alpha value is -2.15. The van der Waals surface area contributed by atoms with Crippen LogP contribution in [0.5, 0.6) is 5.88 Å². The summed E-state index contributed by atoms with van der Waals surface area (Å²) in [6, 6.07) is 0. The molecule has 1 amide bonds. The van der Waals surface area contributed by atoms with Crippen LogP contribution in [0.3, 0.4) is 0 Å². The molecule has 3 heterocycles. The number of methoxy groups -OCH3 is 1. The summed E-state index contributed by atoms with van der Waals surface area (Å²) in [5.74, 6) is 1.34. The highest BCUT2D eigenvalue weighted by molar-refractivity contribution is 5.86. The van der Waals surface area contributed by atoms with Crippen molar-refractivity contribution in [3.8, 4) is 5.88 Å². The van der Waals surface area contributed by atoms with Gasteiger partial charge in [-0.15, -0.1) is 5.10 Å². The summed E-state index contributed by atoms with van der Waals surface area (Å²) >= 11 is 0. The highest BCUT2D eigenvalue weighted by atomic mass is 16.5. The van der Waals surface area contributed by atoms with E-state index in [1.54, 1.807) is 11.8 Å². The van der Waals surface area contributed by atoms with E-state index in [4.69, 9.17) is 14.5 Å². The molecule has 2 aliphatic rings. The summed E-state index contributed by atoms with van der Waals surface area (Å²) < 4.78 is 12.7. The van der Waals surface area contributed by atoms with Gasteiger partial charge in [-0.05, 0) is 63.0 Å². The maximum absolute atomic E-state index is 12.8. The molecule has 2 aromatic rings.